The van der Waals surface area contributed by atoms with Crippen molar-refractivity contribution in [2.45, 2.75) is 18.9 Å². The monoisotopic (exact) mass is 399 g/mol. The summed E-state index contributed by atoms with van der Waals surface area (Å²) in [6.07, 6.45) is 5.06. The summed E-state index contributed by atoms with van der Waals surface area (Å²) in [6.45, 7) is 1.65. The van der Waals surface area contributed by atoms with Crippen molar-refractivity contribution in [1.82, 2.24) is 4.90 Å². The zero-order valence-electron chi connectivity index (χ0n) is 16.5. The maximum Gasteiger partial charge on any atom is 0.330 e. The molecule has 1 aliphatic rings. The van der Waals surface area contributed by atoms with Gasteiger partial charge in [0.05, 0.1) is 13.7 Å². The number of aliphatic hydroxyl groups excluding tert-OH is 1. The number of aliphatic hydroxyl groups is 1. The van der Waals surface area contributed by atoms with Crippen LogP contribution in [0.1, 0.15) is 29.2 Å². The van der Waals surface area contributed by atoms with E-state index in [1.165, 1.54) is 36.4 Å². The van der Waals surface area contributed by atoms with E-state index in [1.54, 1.807) is 18.2 Å². The third-order valence-electron chi connectivity index (χ3n) is 5.10. The van der Waals surface area contributed by atoms with Gasteiger partial charge in [0.1, 0.15) is 18.2 Å². The Bertz CT molecular complexity index is 868. The molecule has 0 fully saturated rings. The lowest BCUT2D eigenvalue weighted by molar-refractivity contribution is -0.134. The number of hydrogen-bond donors (Lipinski definition) is 1. The molecule has 1 atom stereocenters. The molecule has 0 saturated heterocycles. The average Bonchev–Trinajstić information content (AvgIpc) is 3.14. The number of halogens is 1. The summed E-state index contributed by atoms with van der Waals surface area (Å²) in [5.74, 6) is -0.199. The van der Waals surface area contributed by atoms with Crippen molar-refractivity contribution in [2.24, 2.45) is 0 Å². The molecule has 2 aromatic rings. The number of rotatable bonds is 9. The summed E-state index contributed by atoms with van der Waals surface area (Å²) in [5.41, 5.74) is 3.44. The van der Waals surface area contributed by atoms with E-state index in [9.17, 15) is 14.3 Å². The first-order chi connectivity index (χ1) is 14.1. The van der Waals surface area contributed by atoms with Crippen LogP contribution in [0.5, 0.6) is 5.75 Å². The maximum absolute atomic E-state index is 13.3. The molecule has 0 aromatic heterocycles. The second kappa shape index (κ2) is 10.2. The number of fused-ring (bicyclic) bond motifs is 1. The van der Waals surface area contributed by atoms with E-state index in [-0.39, 0.29) is 24.4 Å². The van der Waals surface area contributed by atoms with Gasteiger partial charge in [-0.1, -0.05) is 24.3 Å². The Labute approximate surface area is 170 Å². The molecular formula is C23H26FNO4. The Balaban J connectivity index is 1.65. The minimum Gasteiger partial charge on any atom is -0.492 e. The number of ether oxygens (including phenoxy) is 2. The first-order valence-corrected chi connectivity index (χ1v) is 9.73. The zero-order valence-corrected chi connectivity index (χ0v) is 16.5. The number of hydrogen-bond acceptors (Lipinski definition) is 5. The SMILES string of the molecule is COC(=O)C=Cc1ccc2c(c1)CCC2N(CCO)CCOc1cccc(F)c1. The molecule has 6 heteroatoms. The highest BCUT2D eigenvalue weighted by Gasteiger charge is 2.27. The molecular weight excluding hydrogens is 373 g/mol. The summed E-state index contributed by atoms with van der Waals surface area (Å²) in [5, 5.41) is 9.50. The summed E-state index contributed by atoms with van der Waals surface area (Å²) < 4.78 is 23.6. The summed E-state index contributed by atoms with van der Waals surface area (Å²) >= 11 is 0. The van der Waals surface area contributed by atoms with Gasteiger partial charge in [0.25, 0.3) is 0 Å². The Morgan fingerprint density at radius 3 is 2.90 bits per heavy atom. The molecule has 0 bridgehead atoms. The van der Waals surface area contributed by atoms with Gasteiger partial charge in [-0.2, -0.15) is 0 Å². The van der Waals surface area contributed by atoms with Crippen molar-refractivity contribution in [2.75, 3.05) is 33.4 Å². The number of benzene rings is 2. The van der Waals surface area contributed by atoms with Crippen LogP contribution in [0.4, 0.5) is 4.39 Å². The molecule has 0 heterocycles. The minimum atomic E-state index is -0.379. The van der Waals surface area contributed by atoms with Gasteiger partial charge < -0.3 is 14.6 Å². The second-order valence-electron chi connectivity index (χ2n) is 6.93. The van der Waals surface area contributed by atoms with Crippen LogP contribution in [-0.4, -0.2) is 49.4 Å². The summed E-state index contributed by atoms with van der Waals surface area (Å²) in [7, 11) is 1.35. The Hall–Kier alpha value is -2.70. The number of methoxy groups -OCH3 is 1. The van der Waals surface area contributed by atoms with Gasteiger partial charge >= 0.3 is 5.97 Å². The van der Waals surface area contributed by atoms with Gasteiger partial charge in [-0.25, -0.2) is 9.18 Å². The summed E-state index contributed by atoms with van der Waals surface area (Å²) in [4.78, 5) is 13.5. The van der Waals surface area contributed by atoms with E-state index in [2.05, 4.69) is 21.8 Å². The van der Waals surface area contributed by atoms with Crippen LogP contribution in [0.25, 0.3) is 6.08 Å². The van der Waals surface area contributed by atoms with Crippen molar-refractivity contribution in [3.63, 3.8) is 0 Å². The van der Waals surface area contributed by atoms with Gasteiger partial charge in [-0.05, 0) is 47.7 Å². The number of esters is 1. The fraction of sp³-hybridized carbons (Fsp3) is 0.348. The number of carbonyl (C=O) groups excluding carboxylic acids is 1. The number of aryl methyl sites for hydroxylation is 1. The predicted molar refractivity (Wildman–Crippen MR) is 109 cm³/mol. The predicted octanol–water partition coefficient (Wildman–Crippen LogP) is 3.37. The van der Waals surface area contributed by atoms with Gasteiger partial charge in [-0.15, -0.1) is 0 Å². The molecule has 1 aliphatic carbocycles. The molecule has 1 N–H and O–H groups in total. The van der Waals surface area contributed by atoms with Gasteiger partial charge in [0.15, 0.2) is 0 Å². The molecule has 1 unspecified atom stereocenters. The number of carbonyl (C=O) groups is 1. The van der Waals surface area contributed by atoms with E-state index >= 15 is 0 Å². The van der Waals surface area contributed by atoms with E-state index in [0.29, 0.717) is 25.4 Å². The topological polar surface area (TPSA) is 59.0 Å². The first-order valence-electron chi connectivity index (χ1n) is 9.73. The van der Waals surface area contributed by atoms with E-state index in [0.717, 1.165) is 18.4 Å². The number of nitrogens with zero attached hydrogens (tertiary/aromatic N) is 1. The lowest BCUT2D eigenvalue weighted by Crippen LogP contribution is -2.34. The van der Waals surface area contributed by atoms with Crippen LogP contribution in [0.3, 0.4) is 0 Å². The molecule has 0 aliphatic heterocycles. The molecule has 2 aromatic carbocycles. The Morgan fingerprint density at radius 2 is 2.14 bits per heavy atom. The third kappa shape index (κ3) is 5.65. The van der Waals surface area contributed by atoms with Gasteiger partial charge in [0, 0.05) is 31.3 Å². The van der Waals surface area contributed by atoms with Crippen LogP contribution in [-0.2, 0) is 16.0 Å². The lowest BCUT2D eigenvalue weighted by Gasteiger charge is -2.29. The largest absolute Gasteiger partial charge is 0.492 e. The van der Waals surface area contributed by atoms with Crippen molar-refractivity contribution >= 4 is 12.0 Å². The first kappa shape index (κ1) is 21.0. The van der Waals surface area contributed by atoms with Crippen molar-refractivity contribution < 1.29 is 23.8 Å². The van der Waals surface area contributed by atoms with Crippen molar-refractivity contribution in [3.8, 4) is 5.75 Å². The Kier molecular flexibility index (Phi) is 7.38. The molecule has 29 heavy (non-hydrogen) atoms. The maximum atomic E-state index is 13.3. The van der Waals surface area contributed by atoms with Crippen LogP contribution in [0, 0.1) is 5.82 Å². The molecule has 5 nitrogen and oxygen atoms in total. The molecule has 0 radical (unpaired) electrons. The van der Waals surface area contributed by atoms with E-state index in [1.807, 2.05) is 6.07 Å². The normalized spacial score (nSPS) is 15.7. The Morgan fingerprint density at radius 1 is 1.28 bits per heavy atom. The summed E-state index contributed by atoms with van der Waals surface area (Å²) in [6, 6.07) is 12.5. The average molecular weight is 399 g/mol. The fourth-order valence-corrected chi connectivity index (χ4v) is 3.72. The van der Waals surface area contributed by atoms with Gasteiger partial charge in [0.2, 0.25) is 0 Å². The molecule has 154 valence electrons. The van der Waals surface area contributed by atoms with Crippen LogP contribution in [0.2, 0.25) is 0 Å². The molecule has 0 amide bonds. The van der Waals surface area contributed by atoms with Crippen LogP contribution in [0.15, 0.2) is 48.5 Å². The van der Waals surface area contributed by atoms with E-state index in [4.69, 9.17) is 4.74 Å². The third-order valence-corrected chi connectivity index (χ3v) is 5.10. The zero-order chi connectivity index (χ0) is 20.6. The molecule has 0 saturated carbocycles. The quantitative estimate of drug-likeness (QED) is 0.518. The molecule has 3 rings (SSSR count). The van der Waals surface area contributed by atoms with Crippen molar-refractivity contribution in [3.05, 3.63) is 71.0 Å². The van der Waals surface area contributed by atoms with Gasteiger partial charge in [-0.3, -0.25) is 4.90 Å². The lowest BCUT2D eigenvalue weighted by atomic mass is 10.0. The van der Waals surface area contributed by atoms with Crippen LogP contribution < -0.4 is 4.74 Å². The minimum absolute atomic E-state index is 0.0613. The standard InChI is InChI=1S/C23H26FNO4/c1-28-23(27)10-6-17-5-8-21-18(15-17)7-9-22(21)25(11-13-26)12-14-29-20-4-2-3-19(24)16-20/h2-6,8,10,15-16,22,26H,7,9,11-14H2,1H3. The fourth-order valence-electron chi connectivity index (χ4n) is 3.72. The van der Waals surface area contributed by atoms with E-state index < -0.39 is 0 Å². The molecule has 0 spiro atoms. The highest BCUT2D eigenvalue weighted by atomic mass is 19.1. The van der Waals surface area contributed by atoms with Crippen LogP contribution >= 0.6 is 0 Å². The van der Waals surface area contributed by atoms with Crippen molar-refractivity contribution in [1.29, 1.82) is 0 Å². The smallest absolute Gasteiger partial charge is 0.330 e. The second-order valence-corrected chi connectivity index (χ2v) is 6.93. The highest BCUT2D eigenvalue weighted by Crippen LogP contribution is 2.36. The highest BCUT2D eigenvalue weighted by molar-refractivity contribution is 5.86.